The van der Waals surface area contributed by atoms with Gasteiger partial charge in [0.05, 0.1) is 31.1 Å². The van der Waals surface area contributed by atoms with Crippen molar-refractivity contribution < 1.29 is 13.2 Å². The maximum absolute atomic E-state index is 12.7. The molecule has 3 heterocycles. The van der Waals surface area contributed by atoms with E-state index in [4.69, 9.17) is 9.72 Å². The molecule has 0 aromatic carbocycles. The molecule has 0 bridgehead atoms. The van der Waals surface area contributed by atoms with Crippen LogP contribution in [0.4, 0.5) is 5.82 Å². The molecule has 2 aromatic heterocycles. The number of morpholine rings is 1. The summed E-state index contributed by atoms with van der Waals surface area (Å²) in [6.45, 7) is 4.12. The summed E-state index contributed by atoms with van der Waals surface area (Å²) in [6.07, 6.45) is 11.6. The van der Waals surface area contributed by atoms with Crippen LogP contribution in [0.3, 0.4) is 0 Å². The fourth-order valence-electron chi connectivity index (χ4n) is 4.28. The molecule has 8 heteroatoms. The molecule has 0 unspecified atom stereocenters. The van der Waals surface area contributed by atoms with E-state index in [1.165, 1.54) is 6.26 Å². The number of nitrogens with zero attached hydrogens (tertiary/aromatic N) is 4. The van der Waals surface area contributed by atoms with Gasteiger partial charge in [-0.1, -0.05) is 18.2 Å². The van der Waals surface area contributed by atoms with Gasteiger partial charge in [-0.3, -0.25) is 0 Å². The average molecular weight is 401 g/mol. The van der Waals surface area contributed by atoms with E-state index >= 15 is 0 Å². The van der Waals surface area contributed by atoms with Crippen molar-refractivity contribution in [3.8, 4) is 0 Å². The Bertz CT molecular complexity index is 1110. The van der Waals surface area contributed by atoms with E-state index in [0.29, 0.717) is 26.1 Å². The molecule has 28 heavy (non-hydrogen) atoms. The zero-order chi connectivity index (χ0) is 19.5. The third-order valence-corrected chi connectivity index (χ3v) is 8.12. The third kappa shape index (κ3) is 2.62. The molecular formula is C20H24N4O3S. The number of rotatable bonds is 4. The van der Waals surface area contributed by atoms with Crippen molar-refractivity contribution in [3.05, 3.63) is 41.7 Å². The number of ether oxygens (including phenoxy) is 1. The fourth-order valence-corrected chi connectivity index (χ4v) is 5.65. The Kier molecular flexibility index (Phi) is 3.93. The highest BCUT2D eigenvalue weighted by molar-refractivity contribution is 7.91. The first kappa shape index (κ1) is 17.9. The minimum absolute atomic E-state index is 0.182. The Morgan fingerprint density at radius 2 is 2.14 bits per heavy atom. The van der Waals surface area contributed by atoms with Crippen LogP contribution in [-0.4, -0.2) is 55.1 Å². The number of sulfone groups is 1. The number of hydrogen-bond donors (Lipinski definition) is 0. The molecule has 1 saturated heterocycles. The molecule has 3 aliphatic rings. The predicted octanol–water partition coefficient (Wildman–Crippen LogP) is 2.33. The standard InChI is InChI=1S/C20H24N4O3S/c1-14-13-27-10-9-23(14)18-11-17(20(7-8-20)28(2,25)26)24-19(22-18)16(12-21-24)15-5-3-4-6-15/h3,5-6,11-12,14H,4,7-10,13H2,1-2H3/t14-/m1/s1. The minimum atomic E-state index is -3.27. The summed E-state index contributed by atoms with van der Waals surface area (Å²) in [6, 6.07) is 2.11. The van der Waals surface area contributed by atoms with Gasteiger partial charge in [-0.25, -0.2) is 17.9 Å². The van der Waals surface area contributed by atoms with E-state index in [2.05, 4.69) is 35.2 Å². The lowest BCUT2D eigenvalue weighted by Crippen LogP contribution is -2.44. The number of fused-ring (bicyclic) bond motifs is 1. The van der Waals surface area contributed by atoms with E-state index in [9.17, 15) is 8.42 Å². The van der Waals surface area contributed by atoms with Crippen molar-refractivity contribution in [1.29, 1.82) is 0 Å². The lowest BCUT2D eigenvalue weighted by molar-refractivity contribution is 0.0985. The molecule has 2 aromatic rings. The van der Waals surface area contributed by atoms with E-state index in [1.54, 1.807) is 10.7 Å². The van der Waals surface area contributed by atoms with E-state index in [-0.39, 0.29) is 6.04 Å². The van der Waals surface area contributed by atoms with E-state index in [0.717, 1.165) is 41.3 Å². The van der Waals surface area contributed by atoms with Gasteiger partial charge in [0.15, 0.2) is 15.5 Å². The summed E-state index contributed by atoms with van der Waals surface area (Å²) in [4.78, 5) is 7.15. The van der Waals surface area contributed by atoms with Crippen molar-refractivity contribution in [1.82, 2.24) is 14.6 Å². The van der Waals surface area contributed by atoms with Gasteiger partial charge in [-0.2, -0.15) is 5.10 Å². The largest absolute Gasteiger partial charge is 0.377 e. The van der Waals surface area contributed by atoms with Crippen LogP contribution in [0.5, 0.6) is 0 Å². The minimum Gasteiger partial charge on any atom is -0.377 e. The van der Waals surface area contributed by atoms with Gasteiger partial charge in [0.25, 0.3) is 0 Å². The first-order valence-corrected chi connectivity index (χ1v) is 11.6. The highest BCUT2D eigenvalue weighted by atomic mass is 32.2. The maximum atomic E-state index is 12.7. The topological polar surface area (TPSA) is 76.8 Å². The SMILES string of the molecule is C[C@@H]1COCCN1c1cc(C2(S(C)(=O)=O)CC2)n2ncc(C3=CCC=C3)c2n1. The molecule has 1 atom stereocenters. The molecule has 2 fully saturated rings. The molecule has 0 radical (unpaired) electrons. The Balaban J connectivity index is 1.75. The number of allylic oxidation sites excluding steroid dienone is 4. The highest BCUT2D eigenvalue weighted by Gasteiger charge is 2.55. The molecular weight excluding hydrogens is 376 g/mol. The number of aromatic nitrogens is 3. The first-order chi connectivity index (χ1) is 13.4. The summed E-state index contributed by atoms with van der Waals surface area (Å²) in [5.41, 5.74) is 3.48. The van der Waals surface area contributed by atoms with Gasteiger partial charge < -0.3 is 9.64 Å². The summed E-state index contributed by atoms with van der Waals surface area (Å²) in [7, 11) is -3.27. The zero-order valence-electron chi connectivity index (χ0n) is 16.1. The molecule has 1 aliphatic heterocycles. The van der Waals surface area contributed by atoms with Crippen LogP contribution in [0, 0.1) is 0 Å². The molecule has 148 valence electrons. The Morgan fingerprint density at radius 1 is 1.32 bits per heavy atom. The Morgan fingerprint density at radius 3 is 2.79 bits per heavy atom. The average Bonchev–Trinajstić information content (AvgIpc) is 3.11. The van der Waals surface area contributed by atoms with Gasteiger partial charge in [0.2, 0.25) is 0 Å². The maximum Gasteiger partial charge on any atom is 0.165 e. The summed E-state index contributed by atoms with van der Waals surface area (Å²) < 4.78 is 31.8. The van der Waals surface area contributed by atoms with Crippen LogP contribution < -0.4 is 4.90 Å². The van der Waals surface area contributed by atoms with Gasteiger partial charge in [-0.05, 0) is 31.8 Å². The second kappa shape index (κ2) is 6.15. The van der Waals surface area contributed by atoms with Crippen molar-refractivity contribution >= 4 is 26.9 Å². The van der Waals surface area contributed by atoms with Crippen LogP contribution in [0.1, 0.15) is 37.4 Å². The molecule has 2 aliphatic carbocycles. The Hall–Kier alpha value is -2.19. The van der Waals surface area contributed by atoms with Crippen LogP contribution >= 0.6 is 0 Å². The second-order valence-electron chi connectivity index (χ2n) is 7.97. The predicted molar refractivity (Wildman–Crippen MR) is 108 cm³/mol. The number of hydrogen-bond acceptors (Lipinski definition) is 6. The smallest absolute Gasteiger partial charge is 0.165 e. The van der Waals surface area contributed by atoms with E-state index < -0.39 is 14.6 Å². The van der Waals surface area contributed by atoms with Gasteiger partial charge in [-0.15, -0.1) is 0 Å². The number of anilines is 1. The zero-order valence-corrected chi connectivity index (χ0v) is 16.9. The molecule has 5 rings (SSSR count). The lowest BCUT2D eigenvalue weighted by atomic mass is 10.1. The molecule has 1 saturated carbocycles. The van der Waals surface area contributed by atoms with Crippen molar-refractivity contribution in [2.45, 2.75) is 37.0 Å². The van der Waals surface area contributed by atoms with Gasteiger partial charge in [0, 0.05) is 24.4 Å². The first-order valence-electron chi connectivity index (χ1n) is 9.71. The van der Waals surface area contributed by atoms with E-state index in [1.807, 2.05) is 6.07 Å². The van der Waals surface area contributed by atoms with Crippen molar-refractivity contribution in [2.24, 2.45) is 0 Å². The molecule has 0 spiro atoms. The summed E-state index contributed by atoms with van der Waals surface area (Å²) in [5.74, 6) is 0.803. The van der Waals surface area contributed by atoms with Crippen LogP contribution in [-0.2, 0) is 19.3 Å². The van der Waals surface area contributed by atoms with Gasteiger partial charge in [0.1, 0.15) is 10.6 Å². The van der Waals surface area contributed by atoms with Crippen LogP contribution in [0.2, 0.25) is 0 Å². The monoisotopic (exact) mass is 400 g/mol. The summed E-state index contributed by atoms with van der Waals surface area (Å²) >= 11 is 0. The quantitative estimate of drug-likeness (QED) is 0.784. The molecule has 7 nitrogen and oxygen atoms in total. The molecule has 0 amide bonds. The highest BCUT2D eigenvalue weighted by Crippen LogP contribution is 2.53. The molecule has 0 N–H and O–H groups in total. The lowest BCUT2D eigenvalue weighted by Gasteiger charge is -2.34. The Labute approximate surface area is 164 Å². The van der Waals surface area contributed by atoms with Gasteiger partial charge >= 0.3 is 0 Å². The second-order valence-corrected chi connectivity index (χ2v) is 10.3. The summed E-state index contributed by atoms with van der Waals surface area (Å²) in [5, 5.41) is 4.56. The van der Waals surface area contributed by atoms with Crippen LogP contribution in [0.15, 0.2) is 30.5 Å². The fraction of sp³-hybridized carbons (Fsp3) is 0.500. The normalized spacial score (nSPS) is 24.0. The third-order valence-electron chi connectivity index (χ3n) is 6.08. The van der Waals surface area contributed by atoms with Crippen molar-refractivity contribution in [3.63, 3.8) is 0 Å². The van der Waals surface area contributed by atoms with Crippen LogP contribution in [0.25, 0.3) is 11.2 Å². The van der Waals surface area contributed by atoms with Crippen molar-refractivity contribution in [2.75, 3.05) is 30.9 Å².